The van der Waals surface area contributed by atoms with Crippen LogP contribution < -0.4 is 0 Å². The first-order valence-corrected chi connectivity index (χ1v) is 10.3. The molecule has 0 fully saturated rings. The third kappa shape index (κ3) is 14.8. The standard InChI is InChI=1S/C20H37NO2S/c1-3-4-5-6-7-8-9-12-18(2)14-15-19(20(22)23)13-10-11-16-21-17-24/h18-19H,3-16H2,1-2H3,(H,22,23). The van der Waals surface area contributed by atoms with Crippen LogP contribution in [0.4, 0.5) is 0 Å². The Morgan fingerprint density at radius 2 is 1.58 bits per heavy atom. The number of nitrogens with zero attached hydrogens (tertiary/aromatic N) is 1. The van der Waals surface area contributed by atoms with Crippen LogP contribution in [0.15, 0.2) is 4.99 Å². The van der Waals surface area contributed by atoms with Crippen LogP contribution in [0.2, 0.25) is 0 Å². The zero-order valence-corrected chi connectivity index (χ0v) is 16.6. The highest BCUT2D eigenvalue weighted by Crippen LogP contribution is 2.22. The molecule has 0 aromatic rings. The van der Waals surface area contributed by atoms with E-state index in [9.17, 15) is 9.90 Å². The summed E-state index contributed by atoms with van der Waals surface area (Å²) >= 11 is 4.52. The summed E-state index contributed by atoms with van der Waals surface area (Å²) in [4.78, 5) is 15.2. The van der Waals surface area contributed by atoms with Gasteiger partial charge in [0.15, 0.2) is 0 Å². The van der Waals surface area contributed by atoms with Gasteiger partial charge in [-0.25, -0.2) is 4.99 Å². The first-order chi connectivity index (χ1) is 11.6. The highest BCUT2D eigenvalue weighted by molar-refractivity contribution is 7.78. The number of rotatable bonds is 17. The van der Waals surface area contributed by atoms with Crippen molar-refractivity contribution < 1.29 is 9.90 Å². The third-order valence-corrected chi connectivity index (χ3v) is 4.92. The summed E-state index contributed by atoms with van der Waals surface area (Å²) in [5.74, 6) is -0.198. The molecule has 0 heterocycles. The fourth-order valence-corrected chi connectivity index (χ4v) is 3.19. The van der Waals surface area contributed by atoms with Gasteiger partial charge < -0.3 is 5.11 Å². The minimum absolute atomic E-state index is 0.196. The largest absolute Gasteiger partial charge is 0.481 e. The lowest BCUT2D eigenvalue weighted by Gasteiger charge is -2.16. The molecule has 0 aromatic heterocycles. The summed E-state index contributed by atoms with van der Waals surface area (Å²) in [5.41, 5.74) is 0. The smallest absolute Gasteiger partial charge is 0.306 e. The van der Waals surface area contributed by atoms with Gasteiger partial charge in [-0.2, -0.15) is 0 Å². The molecule has 1 N–H and O–H groups in total. The van der Waals surface area contributed by atoms with E-state index in [1.807, 2.05) is 0 Å². The van der Waals surface area contributed by atoms with Gasteiger partial charge in [0.25, 0.3) is 0 Å². The van der Waals surface area contributed by atoms with Crippen molar-refractivity contribution in [1.29, 1.82) is 0 Å². The fourth-order valence-electron chi connectivity index (χ4n) is 3.10. The van der Waals surface area contributed by atoms with Crippen molar-refractivity contribution in [3.05, 3.63) is 0 Å². The molecule has 2 unspecified atom stereocenters. The highest BCUT2D eigenvalue weighted by atomic mass is 32.1. The number of hydrogen-bond donors (Lipinski definition) is 1. The number of aliphatic carboxylic acids is 1. The maximum absolute atomic E-state index is 11.4. The average molecular weight is 356 g/mol. The zero-order chi connectivity index (χ0) is 18.0. The Bertz CT molecular complexity index is 354. The molecular formula is C20H37NO2S. The number of carboxylic acids is 1. The Labute approximate surface area is 154 Å². The predicted molar refractivity (Wildman–Crippen MR) is 106 cm³/mol. The highest BCUT2D eigenvalue weighted by Gasteiger charge is 2.17. The van der Waals surface area contributed by atoms with Crippen LogP contribution in [-0.2, 0) is 4.79 Å². The van der Waals surface area contributed by atoms with Crippen molar-refractivity contribution in [2.45, 2.75) is 97.3 Å². The Hall–Kier alpha value is -0.730. The van der Waals surface area contributed by atoms with Crippen molar-refractivity contribution in [2.24, 2.45) is 16.8 Å². The maximum atomic E-state index is 11.4. The van der Waals surface area contributed by atoms with Crippen molar-refractivity contribution >= 4 is 23.3 Å². The molecule has 4 heteroatoms. The van der Waals surface area contributed by atoms with Crippen LogP contribution in [0.25, 0.3) is 0 Å². The minimum Gasteiger partial charge on any atom is -0.481 e. The number of unbranched alkanes of at least 4 members (excludes halogenated alkanes) is 7. The number of isothiocyanates is 1. The van der Waals surface area contributed by atoms with Gasteiger partial charge in [-0.3, -0.25) is 4.79 Å². The van der Waals surface area contributed by atoms with Gasteiger partial charge in [-0.05, 0) is 43.8 Å². The van der Waals surface area contributed by atoms with Crippen LogP contribution in [0.3, 0.4) is 0 Å². The topological polar surface area (TPSA) is 49.7 Å². The predicted octanol–water partition coefficient (Wildman–Crippen LogP) is 6.52. The van der Waals surface area contributed by atoms with E-state index in [0.29, 0.717) is 12.5 Å². The second-order valence-electron chi connectivity index (χ2n) is 7.10. The normalized spacial score (nSPS) is 13.2. The van der Waals surface area contributed by atoms with E-state index in [1.165, 1.54) is 51.4 Å². The molecule has 0 saturated heterocycles. The van der Waals surface area contributed by atoms with Gasteiger partial charge in [0.1, 0.15) is 0 Å². The molecular weight excluding hydrogens is 318 g/mol. The van der Waals surface area contributed by atoms with Gasteiger partial charge in [-0.1, -0.05) is 71.6 Å². The number of carboxylic acid groups (broad SMARTS) is 1. The van der Waals surface area contributed by atoms with E-state index in [0.717, 1.165) is 32.1 Å². The van der Waals surface area contributed by atoms with E-state index < -0.39 is 5.97 Å². The number of aliphatic imine (C=N–C) groups is 1. The molecule has 0 aliphatic rings. The second-order valence-corrected chi connectivity index (χ2v) is 7.28. The summed E-state index contributed by atoms with van der Waals surface area (Å²) in [7, 11) is 0. The SMILES string of the molecule is CCCCCCCCCC(C)CCC(CCCCN=C=S)C(=O)O. The first-order valence-electron chi connectivity index (χ1n) is 9.88. The second kappa shape index (κ2) is 17.1. The van der Waals surface area contributed by atoms with E-state index >= 15 is 0 Å². The van der Waals surface area contributed by atoms with Crippen LogP contribution in [0.1, 0.15) is 97.3 Å². The molecule has 0 rings (SSSR count). The summed E-state index contributed by atoms with van der Waals surface area (Å²) in [5, 5.41) is 11.7. The van der Waals surface area contributed by atoms with Crippen LogP contribution in [0, 0.1) is 11.8 Å². The molecule has 0 spiro atoms. The van der Waals surface area contributed by atoms with Gasteiger partial charge in [-0.15, -0.1) is 0 Å². The Morgan fingerprint density at radius 1 is 0.958 bits per heavy atom. The van der Waals surface area contributed by atoms with Crippen molar-refractivity contribution in [3.8, 4) is 0 Å². The monoisotopic (exact) mass is 355 g/mol. The first kappa shape index (κ1) is 23.3. The van der Waals surface area contributed by atoms with Gasteiger partial charge in [0.2, 0.25) is 0 Å². The summed E-state index contributed by atoms with van der Waals surface area (Å²) in [6, 6.07) is 0. The average Bonchev–Trinajstić information content (AvgIpc) is 2.56. The van der Waals surface area contributed by atoms with Crippen molar-refractivity contribution in [3.63, 3.8) is 0 Å². The zero-order valence-electron chi connectivity index (χ0n) is 15.8. The van der Waals surface area contributed by atoms with Crippen LogP contribution in [0.5, 0.6) is 0 Å². The number of carbonyl (C=O) groups is 1. The Morgan fingerprint density at radius 3 is 2.21 bits per heavy atom. The molecule has 0 amide bonds. The van der Waals surface area contributed by atoms with E-state index in [-0.39, 0.29) is 5.92 Å². The summed E-state index contributed by atoms with van der Waals surface area (Å²) < 4.78 is 0. The Balaban J connectivity index is 3.72. The lowest BCUT2D eigenvalue weighted by Crippen LogP contribution is -2.15. The van der Waals surface area contributed by atoms with Gasteiger partial charge in [0, 0.05) is 6.54 Å². The molecule has 0 bridgehead atoms. The number of thiocarbonyl (C=S) groups is 1. The van der Waals surface area contributed by atoms with Gasteiger partial charge >= 0.3 is 5.97 Å². The van der Waals surface area contributed by atoms with E-state index in [4.69, 9.17) is 0 Å². The molecule has 2 atom stereocenters. The van der Waals surface area contributed by atoms with Crippen LogP contribution in [-0.4, -0.2) is 22.8 Å². The molecule has 0 aliphatic carbocycles. The summed E-state index contributed by atoms with van der Waals surface area (Å²) in [6.07, 6.45) is 15.0. The van der Waals surface area contributed by atoms with Crippen molar-refractivity contribution in [1.82, 2.24) is 0 Å². The molecule has 140 valence electrons. The molecule has 0 aliphatic heterocycles. The minimum atomic E-state index is -0.642. The summed E-state index contributed by atoms with van der Waals surface area (Å²) in [6.45, 7) is 5.19. The molecule has 0 aromatic carbocycles. The molecule has 3 nitrogen and oxygen atoms in total. The van der Waals surface area contributed by atoms with Crippen LogP contribution >= 0.6 is 12.2 Å². The number of hydrogen-bond acceptors (Lipinski definition) is 3. The maximum Gasteiger partial charge on any atom is 0.306 e. The quantitative estimate of drug-likeness (QED) is 0.184. The molecule has 0 radical (unpaired) electrons. The lowest BCUT2D eigenvalue weighted by atomic mass is 9.90. The van der Waals surface area contributed by atoms with E-state index in [1.54, 1.807) is 0 Å². The van der Waals surface area contributed by atoms with Gasteiger partial charge in [0.05, 0.1) is 11.1 Å². The molecule has 24 heavy (non-hydrogen) atoms. The fraction of sp³-hybridized carbons (Fsp3) is 0.900. The molecule has 0 saturated carbocycles. The third-order valence-electron chi connectivity index (χ3n) is 4.79. The van der Waals surface area contributed by atoms with E-state index in [2.05, 4.69) is 36.2 Å². The Kier molecular flexibility index (Phi) is 16.6. The lowest BCUT2D eigenvalue weighted by molar-refractivity contribution is -0.142. The van der Waals surface area contributed by atoms with Crippen molar-refractivity contribution in [2.75, 3.05) is 6.54 Å².